The second kappa shape index (κ2) is 7.55. The molecule has 0 spiro atoms. The van der Waals surface area contributed by atoms with Crippen LogP contribution in [0.5, 0.6) is 0 Å². The van der Waals surface area contributed by atoms with Crippen LogP contribution in [0.3, 0.4) is 0 Å². The summed E-state index contributed by atoms with van der Waals surface area (Å²) in [6.45, 7) is 2.04. The first kappa shape index (κ1) is 17.8. The van der Waals surface area contributed by atoms with Crippen LogP contribution in [-0.2, 0) is 7.05 Å². The third-order valence-electron chi connectivity index (χ3n) is 4.67. The largest absolute Gasteiger partial charge is 0.388 e. The molecule has 4 rings (SSSR count). The van der Waals surface area contributed by atoms with E-state index in [1.54, 1.807) is 0 Å². The molecule has 0 saturated heterocycles. The molecular formula is C22H21N3OS. The Morgan fingerprint density at radius 2 is 1.70 bits per heavy atom. The number of aromatic nitrogens is 3. The molecule has 0 unspecified atom stereocenters. The predicted octanol–water partition coefficient (Wildman–Crippen LogP) is 4.77. The normalized spacial score (nSPS) is 12.4. The SMILES string of the molecule is Cc1ccc([C@H](O)CSc2nnc(-c3ccc4ccccc4c3)n2C)cc1. The number of nitrogens with zero attached hydrogens (tertiary/aromatic N) is 3. The zero-order chi connectivity index (χ0) is 18.8. The van der Waals surface area contributed by atoms with E-state index in [1.165, 1.54) is 28.1 Å². The lowest BCUT2D eigenvalue weighted by atomic mass is 10.1. The molecule has 136 valence electrons. The fourth-order valence-corrected chi connectivity index (χ4v) is 3.94. The minimum Gasteiger partial charge on any atom is -0.388 e. The van der Waals surface area contributed by atoms with E-state index in [2.05, 4.69) is 40.5 Å². The third-order valence-corrected chi connectivity index (χ3v) is 5.77. The van der Waals surface area contributed by atoms with Crippen molar-refractivity contribution < 1.29 is 5.11 Å². The highest BCUT2D eigenvalue weighted by Crippen LogP contribution is 2.28. The molecule has 3 aromatic carbocycles. The number of aryl methyl sites for hydroxylation is 1. The van der Waals surface area contributed by atoms with E-state index in [4.69, 9.17) is 0 Å². The van der Waals surface area contributed by atoms with Crippen molar-refractivity contribution in [3.63, 3.8) is 0 Å². The van der Waals surface area contributed by atoms with Crippen molar-refractivity contribution in [2.45, 2.75) is 18.2 Å². The number of fused-ring (bicyclic) bond motifs is 1. The maximum atomic E-state index is 10.4. The van der Waals surface area contributed by atoms with Crippen LogP contribution in [0.4, 0.5) is 0 Å². The standard InChI is InChI=1S/C22H21N3OS/c1-15-7-9-17(10-8-15)20(26)14-27-22-24-23-21(25(22)2)19-12-11-16-5-3-4-6-18(16)13-19/h3-13,20,26H,14H2,1-2H3/t20-/m1/s1. The Morgan fingerprint density at radius 1 is 0.963 bits per heavy atom. The van der Waals surface area contributed by atoms with Gasteiger partial charge < -0.3 is 9.67 Å². The zero-order valence-corrected chi connectivity index (χ0v) is 16.1. The lowest BCUT2D eigenvalue weighted by Gasteiger charge is -2.11. The quantitative estimate of drug-likeness (QED) is 0.511. The van der Waals surface area contributed by atoms with Crippen LogP contribution in [-0.4, -0.2) is 25.6 Å². The highest BCUT2D eigenvalue weighted by molar-refractivity contribution is 7.99. The van der Waals surface area contributed by atoms with E-state index in [9.17, 15) is 5.11 Å². The highest BCUT2D eigenvalue weighted by Gasteiger charge is 2.14. The van der Waals surface area contributed by atoms with Crippen LogP contribution in [0.15, 0.2) is 71.9 Å². The summed E-state index contributed by atoms with van der Waals surface area (Å²) in [6, 6.07) is 22.6. The van der Waals surface area contributed by atoms with Gasteiger partial charge in [0.1, 0.15) is 0 Å². The average Bonchev–Trinajstić information content (AvgIpc) is 3.06. The van der Waals surface area contributed by atoms with E-state index in [-0.39, 0.29) is 0 Å². The third kappa shape index (κ3) is 3.75. The first-order chi connectivity index (χ1) is 13.1. The summed E-state index contributed by atoms with van der Waals surface area (Å²) in [4.78, 5) is 0. The summed E-state index contributed by atoms with van der Waals surface area (Å²) >= 11 is 1.51. The van der Waals surface area contributed by atoms with Gasteiger partial charge in [0.2, 0.25) is 0 Å². The summed E-state index contributed by atoms with van der Waals surface area (Å²) in [7, 11) is 1.96. The van der Waals surface area contributed by atoms with Gasteiger partial charge in [-0.3, -0.25) is 0 Å². The fourth-order valence-electron chi connectivity index (χ4n) is 3.06. The van der Waals surface area contributed by atoms with Crippen molar-refractivity contribution in [2.24, 2.45) is 7.05 Å². The average molecular weight is 375 g/mol. The molecule has 0 radical (unpaired) electrons. The molecular weight excluding hydrogens is 354 g/mol. The highest BCUT2D eigenvalue weighted by atomic mass is 32.2. The summed E-state index contributed by atoms with van der Waals surface area (Å²) in [6.07, 6.45) is -0.531. The van der Waals surface area contributed by atoms with Gasteiger partial charge in [0.25, 0.3) is 0 Å². The van der Waals surface area contributed by atoms with Gasteiger partial charge in [-0.25, -0.2) is 0 Å². The maximum Gasteiger partial charge on any atom is 0.191 e. The van der Waals surface area contributed by atoms with Crippen molar-refractivity contribution >= 4 is 22.5 Å². The minimum atomic E-state index is -0.531. The lowest BCUT2D eigenvalue weighted by Crippen LogP contribution is -2.02. The van der Waals surface area contributed by atoms with Crippen molar-refractivity contribution in [1.82, 2.24) is 14.8 Å². The molecule has 5 heteroatoms. The van der Waals surface area contributed by atoms with E-state index >= 15 is 0 Å². The number of rotatable bonds is 5. The molecule has 0 aliphatic heterocycles. The van der Waals surface area contributed by atoms with Gasteiger partial charge >= 0.3 is 0 Å². The second-order valence-corrected chi connectivity index (χ2v) is 7.65. The van der Waals surface area contributed by atoms with Crippen LogP contribution < -0.4 is 0 Å². The van der Waals surface area contributed by atoms with Crippen molar-refractivity contribution in [3.8, 4) is 11.4 Å². The predicted molar refractivity (Wildman–Crippen MR) is 111 cm³/mol. The summed E-state index contributed by atoms with van der Waals surface area (Å²) in [5, 5.41) is 22.3. The molecule has 0 aliphatic carbocycles. The first-order valence-electron chi connectivity index (χ1n) is 8.88. The molecule has 1 N–H and O–H groups in total. The van der Waals surface area contributed by atoms with Crippen LogP contribution in [0, 0.1) is 6.92 Å². The Kier molecular flexibility index (Phi) is 4.97. The van der Waals surface area contributed by atoms with E-state index in [0.717, 1.165) is 22.1 Å². The second-order valence-electron chi connectivity index (χ2n) is 6.66. The molecule has 0 fully saturated rings. The number of benzene rings is 3. The van der Waals surface area contributed by atoms with Crippen LogP contribution >= 0.6 is 11.8 Å². The van der Waals surface area contributed by atoms with E-state index < -0.39 is 6.10 Å². The molecule has 4 aromatic rings. The van der Waals surface area contributed by atoms with Crippen molar-refractivity contribution in [3.05, 3.63) is 77.9 Å². The van der Waals surface area contributed by atoms with Crippen LogP contribution in [0.25, 0.3) is 22.2 Å². The molecule has 27 heavy (non-hydrogen) atoms. The fraction of sp³-hybridized carbons (Fsp3) is 0.182. The van der Waals surface area contributed by atoms with Crippen LogP contribution in [0.2, 0.25) is 0 Å². The van der Waals surface area contributed by atoms with Crippen LogP contribution in [0.1, 0.15) is 17.2 Å². The van der Waals surface area contributed by atoms with E-state index in [1.807, 2.05) is 54.9 Å². The monoisotopic (exact) mass is 375 g/mol. The Hall–Kier alpha value is -2.63. The molecule has 0 bridgehead atoms. The number of aliphatic hydroxyl groups excluding tert-OH is 1. The number of hydrogen-bond donors (Lipinski definition) is 1. The Balaban J connectivity index is 1.52. The molecule has 1 atom stereocenters. The lowest BCUT2D eigenvalue weighted by molar-refractivity contribution is 0.204. The Bertz CT molecular complexity index is 1070. The van der Waals surface area contributed by atoms with E-state index in [0.29, 0.717) is 5.75 Å². The number of hydrogen-bond acceptors (Lipinski definition) is 4. The number of thioether (sulfide) groups is 1. The topological polar surface area (TPSA) is 50.9 Å². The molecule has 4 nitrogen and oxygen atoms in total. The molecule has 1 aromatic heterocycles. The van der Waals surface area contributed by atoms with Gasteiger partial charge in [0.15, 0.2) is 11.0 Å². The minimum absolute atomic E-state index is 0.531. The zero-order valence-electron chi connectivity index (χ0n) is 15.3. The summed E-state index contributed by atoms with van der Waals surface area (Å²) in [5.74, 6) is 1.36. The summed E-state index contributed by atoms with van der Waals surface area (Å²) < 4.78 is 1.98. The van der Waals surface area contributed by atoms with Crippen molar-refractivity contribution in [2.75, 3.05) is 5.75 Å². The maximum absolute atomic E-state index is 10.4. The van der Waals surface area contributed by atoms with Gasteiger partial charge in [0.05, 0.1) is 6.10 Å². The molecule has 0 aliphatic rings. The smallest absolute Gasteiger partial charge is 0.191 e. The summed E-state index contributed by atoms with van der Waals surface area (Å²) in [5.41, 5.74) is 3.14. The van der Waals surface area contributed by atoms with Gasteiger partial charge in [0, 0.05) is 18.4 Å². The molecule has 0 saturated carbocycles. The first-order valence-corrected chi connectivity index (χ1v) is 9.86. The van der Waals surface area contributed by atoms with Gasteiger partial charge in [-0.2, -0.15) is 0 Å². The molecule has 0 amide bonds. The van der Waals surface area contributed by atoms with Gasteiger partial charge in [-0.15, -0.1) is 10.2 Å². The van der Waals surface area contributed by atoms with Crippen molar-refractivity contribution in [1.29, 1.82) is 0 Å². The number of aliphatic hydroxyl groups is 1. The van der Waals surface area contributed by atoms with Gasteiger partial charge in [-0.05, 0) is 29.3 Å². The molecule has 1 heterocycles. The van der Waals surface area contributed by atoms with Gasteiger partial charge in [-0.1, -0.05) is 78.0 Å². The Morgan fingerprint density at radius 3 is 2.48 bits per heavy atom. The Labute approximate surface area is 162 Å².